The van der Waals surface area contributed by atoms with Gasteiger partial charge in [0.1, 0.15) is 0 Å². The number of hydrogen-bond donors (Lipinski definition) is 0. The van der Waals surface area contributed by atoms with E-state index in [0.717, 1.165) is 12.8 Å². The monoisotopic (exact) mass is 684 g/mol. The molecule has 6 rings (SSSR count). The summed E-state index contributed by atoms with van der Waals surface area (Å²) in [5, 5.41) is 0. The normalized spacial score (nSPS) is 12.4. The molecule has 0 fully saturated rings. The van der Waals surface area contributed by atoms with Gasteiger partial charge in [-0.15, -0.1) is 0 Å². The Morgan fingerprint density at radius 3 is 1.02 bits per heavy atom. The molecule has 0 saturated heterocycles. The smallest absolute Gasteiger partial charge is 0.0464 e. The number of rotatable bonds is 11. The molecule has 6 aromatic carbocycles. The average Bonchev–Trinajstić information content (AvgIpc) is 3.14. The maximum absolute atomic E-state index is 2.41. The van der Waals surface area contributed by atoms with Gasteiger partial charge in [-0.3, -0.25) is 0 Å². The molecule has 0 saturated carbocycles. The van der Waals surface area contributed by atoms with Crippen LogP contribution in [-0.4, -0.2) is 0 Å². The fourth-order valence-electron chi connectivity index (χ4n) is 7.45. The summed E-state index contributed by atoms with van der Waals surface area (Å²) in [6.45, 7) is 22.3. The summed E-state index contributed by atoms with van der Waals surface area (Å²) in [6.07, 6.45) is 2.14. The molecular formula is C50H56N2. The third-order valence-electron chi connectivity index (χ3n) is 11.4. The van der Waals surface area contributed by atoms with Gasteiger partial charge in [-0.05, 0) is 189 Å². The van der Waals surface area contributed by atoms with Crippen molar-refractivity contribution in [1.29, 1.82) is 0 Å². The Labute approximate surface area is 313 Å². The lowest BCUT2D eigenvalue weighted by Crippen LogP contribution is -2.14. The Morgan fingerprint density at radius 2 is 0.712 bits per heavy atom. The van der Waals surface area contributed by atoms with Crippen LogP contribution in [0.25, 0.3) is 0 Å². The quantitative estimate of drug-likeness (QED) is 0.134. The van der Waals surface area contributed by atoms with Crippen molar-refractivity contribution in [3.05, 3.63) is 177 Å². The molecular weight excluding hydrogens is 629 g/mol. The maximum Gasteiger partial charge on any atom is 0.0464 e. The van der Waals surface area contributed by atoms with E-state index in [-0.39, 0.29) is 5.92 Å². The Kier molecular flexibility index (Phi) is 11.1. The second-order valence-corrected chi connectivity index (χ2v) is 15.0. The van der Waals surface area contributed by atoms with Crippen LogP contribution in [-0.2, 0) is 6.42 Å². The van der Waals surface area contributed by atoms with Gasteiger partial charge in [0.25, 0.3) is 0 Å². The molecule has 0 spiro atoms. The molecule has 0 aromatic heterocycles. The van der Waals surface area contributed by atoms with E-state index in [9.17, 15) is 0 Å². The molecule has 0 aliphatic rings. The lowest BCUT2D eigenvalue weighted by Gasteiger charge is -2.29. The Balaban J connectivity index is 1.38. The van der Waals surface area contributed by atoms with Gasteiger partial charge in [-0.1, -0.05) is 75.7 Å². The molecule has 0 N–H and O–H groups in total. The van der Waals surface area contributed by atoms with Crippen molar-refractivity contribution in [1.82, 2.24) is 0 Å². The molecule has 52 heavy (non-hydrogen) atoms. The summed E-state index contributed by atoms with van der Waals surface area (Å²) in [4.78, 5) is 4.80. The SMILES string of the molecule is CCc1ccc(N(c2ccc(C(c3ccc(N(c4ccc(C)c(C)c4)c4ccc(C)c(C)c4)cc3)C(C)CC)cc2)c2ccc(C)c(C)c2)cc1C. The third-order valence-corrected chi connectivity index (χ3v) is 11.4. The third kappa shape index (κ3) is 7.58. The van der Waals surface area contributed by atoms with Crippen LogP contribution >= 0.6 is 0 Å². The molecule has 2 nitrogen and oxygen atoms in total. The van der Waals surface area contributed by atoms with Gasteiger partial charge < -0.3 is 9.80 Å². The molecule has 0 amide bonds. The molecule has 0 aliphatic carbocycles. The average molecular weight is 685 g/mol. The van der Waals surface area contributed by atoms with E-state index in [1.165, 1.54) is 89.8 Å². The molecule has 0 bridgehead atoms. The molecule has 266 valence electrons. The van der Waals surface area contributed by atoms with Crippen molar-refractivity contribution in [3.63, 3.8) is 0 Å². The van der Waals surface area contributed by atoms with E-state index in [1.807, 2.05) is 0 Å². The van der Waals surface area contributed by atoms with Crippen LogP contribution in [0.5, 0.6) is 0 Å². The van der Waals surface area contributed by atoms with Crippen LogP contribution in [0.3, 0.4) is 0 Å². The lowest BCUT2D eigenvalue weighted by atomic mass is 9.80. The van der Waals surface area contributed by atoms with E-state index in [0.29, 0.717) is 5.92 Å². The van der Waals surface area contributed by atoms with E-state index in [1.54, 1.807) is 0 Å². The minimum absolute atomic E-state index is 0.283. The molecule has 2 unspecified atom stereocenters. The van der Waals surface area contributed by atoms with Crippen molar-refractivity contribution in [2.75, 3.05) is 9.80 Å². The van der Waals surface area contributed by atoms with E-state index >= 15 is 0 Å². The summed E-state index contributed by atoms with van der Waals surface area (Å²) < 4.78 is 0. The van der Waals surface area contributed by atoms with Gasteiger partial charge in [0.05, 0.1) is 0 Å². The summed E-state index contributed by atoms with van der Waals surface area (Å²) >= 11 is 0. The summed E-state index contributed by atoms with van der Waals surface area (Å²) in [5.74, 6) is 0.762. The number of benzene rings is 6. The molecule has 0 aliphatic heterocycles. The first-order valence-corrected chi connectivity index (χ1v) is 19.1. The van der Waals surface area contributed by atoms with Crippen molar-refractivity contribution in [2.45, 2.75) is 88.0 Å². The predicted molar refractivity (Wildman–Crippen MR) is 226 cm³/mol. The number of hydrogen-bond acceptors (Lipinski definition) is 2. The number of aryl methyl sites for hydroxylation is 8. The fourth-order valence-corrected chi connectivity index (χ4v) is 7.45. The number of anilines is 6. The van der Waals surface area contributed by atoms with Gasteiger partial charge in [0.15, 0.2) is 0 Å². The predicted octanol–water partition coefficient (Wildman–Crippen LogP) is 14.5. The van der Waals surface area contributed by atoms with Crippen LogP contribution in [0.4, 0.5) is 34.1 Å². The zero-order chi connectivity index (χ0) is 37.1. The summed E-state index contributed by atoms with van der Waals surface area (Å²) in [6, 6.07) is 46.0. The van der Waals surface area contributed by atoms with Crippen molar-refractivity contribution in [3.8, 4) is 0 Å². The van der Waals surface area contributed by atoms with Crippen LogP contribution in [0.1, 0.15) is 88.7 Å². The van der Waals surface area contributed by atoms with Gasteiger partial charge >= 0.3 is 0 Å². The highest BCUT2D eigenvalue weighted by Gasteiger charge is 2.23. The van der Waals surface area contributed by atoms with E-state index in [4.69, 9.17) is 0 Å². The standard InChI is InChI=1S/C50H56N2/c1-11-33(3)50(42-17-24-44(25-18-42)51(46-21-13-34(4)37(7)29-46)47-22-14-35(5)38(8)30-47)43-19-26-45(27-20-43)52(48-23-15-36(6)39(9)31-48)49-28-16-41(12-2)40(10)32-49/h13-33,50H,11-12H2,1-10H3. The largest absolute Gasteiger partial charge is 0.310 e. The minimum atomic E-state index is 0.283. The van der Waals surface area contributed by atoms with Crippen LogP contribution in [0.2, 0.25) is 0 Å². The fraction of sp³-hybridized carbons (Fsp3) is 0.280. The highest BCUT2D eigenvalue weighted by molar-refractivity contribution is 5.79. The van der Waals surface area contributed by atoms with Gasteiger partial charge in [-0.25, -0.2) is 0 Å². The molecule has 0 radical (unpaired) electrons. The Morgan fingerprint density at radius 1 is 0.385 bits per heavy atom. The molecule has 6 aromatic rings. The van der Waals surface area contributed by atoms with Gasteiger partial charge in [0, 0.05) is 40.0 Å². The second-order valence-electron chi connectivity index (χ2n) is 15.0. The van der Waals surface area contributed by atoms with Crippen LogP contribution in [0, 0.1) is 54.4 Å². The maximum atomic E-state index is 2.41. The molecule has 2 atom stereocenters. The van der Waals surface area contributed by atoms with E-state index in [2.05, 4.69) is 200 Å². The van der Waals surface area contributed by atoms with Gasteiger partial charge in [0.2, 0.25) is 0 Å². The van der Waals surface area contributed by atoms with Crippen LogP contribution in [0.15, 0.2) is 121 Å². The van der Waals surface area contributed by atoms with Gasteiger partial charge in [-0.2, -0.15) is 0 Å². The first kappa shape index (κ1) is 36.7. The summed E-state index contributed by atoms with van der Waals surface area (Å²) in [7, 11) is 0. The van der Waals surface area contributed by atoms with Crippen LogP contribution < -0.4 is 9.80 Å². The zero-order valence-corrected chi connectivity index (χ0v) is 33.0. The minimum Gasteiger partial charge on any atom is -0.310 e. The molecule has 0 heterocycles. The second kappa shape index (κ2) is 15.7. The highest BCUT2D eigenvalue weighted by atomic mass is 15.1. The van der Waals surface area contributed by atoms with E-state index < -0.39 is 0 Å². The summed E-state index contributed by atoms with van der Waals surface area (Å²) in [5.41, 5.74) is 20.3. The lowest BCUT2D eigenvalue weighted by molar-refractivity contribution is 0.496. The Bertz CT molecular complexity index is 2100. The zero-order valence-electron chi connectivity index (χ0n) is 33.0. The van der Waals surface area contributed by atoms with Crippen molar-refractivity contribution in [2.24, 2.45) is 5.92 Å². The first-order chi connectivity index (χ1) is 25.0. The van der Waals surface area contributed by atoms with Crippen molar-refractivity contribution >= 4 is 34.1 Å². The van der Waals surface area contributed by atoms with Crippen molar-refractivity contribution < 1.29 is 0 Å². The molecule has 2 heteroatoms. The topological polar surface area (TPSA) is 6.48 Å². The first-order valence-electron chi connectivity index (χ1n) is 19.1. The Hall–Kier alpha value is -5.08. The highest BCUT2D eigenvalue weighted by Crippen LogP contribution is 2.41. The number of nitrogens with zero attached hydrogens (tertiary/aromatic N) is 2.